The van der Waals surface area contributed by atoms with Crippen molar-refractivity contribution in [1.82, 2.24) is 9.36 Å². The molecule has 1 heterocycles. The van der Waals surface area contributed by atoms with Gasteiger partial charge in [0.25, 0.3) is 0 Å². The summed E-state index contributed by atoms with van der Waals surface area (Å²) in [5, 5.41) is 1.25. The minimum absolute atomic E-state index is 0.171. The average molecular weight is 203 g/mol. The molecular formula is C8H11ClN2S. The van der Waals surface area contributed by atoms with Gasteiger partial charge in [0.2, 0.25) is 0 Å². The second kappa shape index (κ2) is 3.30. The van der Waals surface area contributed by atoms with Gasteiger partial charge in [-0.3, -0.25) is 0 Å². The zero-order chi connectivity index (χ0) is 8.55. The molecule has 0 aromatic carbocycles. The molecule has 0 spiro atoms. The fourth-order valence-electron chi connectivity index (χ4n) is 1.10. The second-order valence-electron chi connectivity index (χ2n) is 3.31. The third kappa shape index (κ3) is 1.96. The van der Waals surface area contributed by atoms with Crippen molar-refractivity contribution in [2.24, 2.45) is 0 Å². The van der Waals surface area contributed by atoms with Gasteiger partial charge >= 0.3 is 0 Å². The van der Waals surface area contributed by atoms with Crippen LogP contribution in [-0.2, 0) is 6.42 Å². The van der Waals surface area contributed by atoms with E-state index in [0.29, 0.717) is 5.92 Å². The predicted molar refractivity (Wildman–Crippen MR) is 50.9 cm³/mol. The van der Waals surface area contributed by atoms with E-state index in [1.807, 2.05) is 6.92 Å². The van der Waals surface area contributed by atoms with Crippen LogP contribution in [0.4, 0.5) is 0 Å². The Labute approximate surface area is 81.1 Å². The molecule has 1 aromatic heterocycles. The number of rotatable bonds is 3. The van der Waals surface area contributed by atoms with Crippen molar-refractivity contribution in [3.8, 4) is 0 Å². The van der Waals surface area contributed by atoms with Crippen molar-refractivity contribution in [3.05, 3.63) is 10.8 Å². The van der Waals surface area contributed by atoms with Gasteiger partial charge in [0.05, 0.1) is 0 Å². The summed E-state index contributed by atoms with van der Waals surface area (Å²) < 4.78 is 4.30. The summed E-state index contributed by atoms with van der Waals surface area (Å²) in [7, 11) is 0. The maximum absolute atomic E-state index is 5.86. The smallest absolute Gasteiger partial charge is 0.145 e. The van der Waals surface area contributed by atoms with Crippen LogP contribution in [-0.4, -0.2) is 14.7 Å². The van der Waals surface area contributed by atoms with Crippen LogP contribution in [0.2, 0.25) is 0 Å². The Morgan fingerprint density at radius 2 is 2.42 bits per heavy atom. The highest BCUT2D eigenvalue weighted by Crippen LogP contribution is 2.38. The van der Waals surface area contributed by atoms with E-state index in [9.17, 15) is 0 Å². The van der Waals surface area contributed by atoms with Crippen molar-refractivity contribution < 1.29 is 0 Å². The van der Waals surface area contributed by atoms with E-state index >= 15 is 0 Å². The van der Waals surface area contributed by atoms with Crippen molar-refractivity contribution in [2.75, 3.05) is 0 Å². The molecule has 0 radical (unpaired) electrons. The molecule has 1 aliphatic carbocycles. The van der Waals surface area contributed by atoms with Crippen molar-refractivity contribution in [1.29, 1.82) is 0 Å². The van der Waals surface area contributed by atoms with E-state index in [4.69, 9.17) is 11.6 Å². The summed E-state index contributed by atoms with van der Waals surface area (Å²) in [6.45, 7) is 1.99. The first-order valence-corrected chi connectivity index (χ1v) is 5.43. The van der Waals surface area contributed by atoms with Crippen molar-refractivity contribution in [3.63, 3.8) is 0 Å². The summed E-state index contributed by atoms with van der Waals surface area (Å²) in [6.07, 6.45) is 3.39. The van der Waals surface area contributed by atoms with Crippen molar-refractivity contribution in [2.45, 2.75) is 37.5 Å². The van der Waals surface area contributed by atoms with Gasteiger partial charge in [-0.2, -0.15) is 4.37 Å². The molecule has 1 atom stereocenters. The van der Waals surface area contributed by atoms with Crippen LogP contribution in [0.25, 0.3) is 0 Å². The van der Waals surface area contributed by atoms with E-state index in [2.05, 4.69) is 9.36 Å². The molecule has 2 rings (SSSR count). The highest BCUT2D eigenvalue weighted by atomic mass is 35.5. The van der Waals surface area contributed by atoms with Crippen molar-refractivity contribution >= 4 is 23.1 Å². The summed E-state index contributed by atoms with van der Waals surface area (Å²) in [6, 6.07) is 0. The Balaban J connectivity index is 2.03. The normalized spacial score (nSPS) is 19.5. The third-order valence-corrected chi connectivity index (χ3v) is 2.78. The van der Waals surface area contributed by atoms with E-state index in [0.717, 1.165) is 17.3 Å². The predicted octanol–water partition coefficient (Wildman–Crippen LogP) is 2.59. The topological polar surface area (TPSA) is 25.8 Å². The SMILES string of the molecule is CC(Cl)Cc1nc(C2CC2)ns1. The molecule has 0 bridgehead atoms. The van der Waals surface area contributed by atoms with Crippen LogP contribution in [0.5, 0.6) is 0 Å². The molecule has 1 fully saturated rings. The van der Waals surface area contributed by atoms with Gasteiger partial charge in [-0.05, 0) is 31.3 Å². The first-order chi connectivity index (χ1) is 5.75. The molecule has 0 N–H and O–H groups in total. The maximum atomic E-state index is 5.86. The minimum atomic E-state index is 0.171. The Hall–Kier alpha value is -0.150. The number of hydrogen-bond donors (Lipinski definition) is 0. The molecule has 12 heavy (non-hydrogen) atoms. The number of halogens is 1. The molecule has 1 unspecified atom stereocenters. The summed E-state index contributed by atoms with van der Waals surface area (Å²) in [4.78, 5) is 4.44. The van der Waals surface area contributed by atoms with E-state index in [1.165, 1.54) is 24.4 Å². The fraction of sp³-hybridized carbons (Fsp3) is 0.750. The van der Waals surface area contributed by atoms with Crippen LogP contribution in [0, 0.1) is 0 Å². The van der Waals surface area contributed by atoms with Gasteiger partial charge in [-0.25, -0.2) is 4.98 Å². The van der Waals surface area contributed by atoms with Gasteiger partial charge in [0.15, 0.2) is 0 Å². The van der Waals surface area contributed by atoms with Crippen LogP contribution < -0.4 is 0 Å². The third-order valence-electron chi connectivity index (χ3n) is 1.88. The van der Waals surface area contributed by atoms with Crippen LogP contribution in [0.1, 0.15) is 36.5 Å². The monoisotopic (exact) mass is 202 g/mol. The molecule has 2 nitrogen and oxygen atoms in total. The van der Waals surface area contributed by atoms with E-state index in [1.54, 1.807) is 0 Å². The minimum Gasteiger partial charge on any atom is -0.224 e. The molecule has 4 heteroatoms. The first-order valence-electron chi connectivity index (χ1n) is 4.22. The number of alkyl halides is 1. The summed E-state index contributed by atoms with van der Waals surface area (Å²) in [5.74, 6) is 1.72. The Morgan fingerprint density at radius 1 is 1.67 bits per heavy atom. The van der Waals surface area contributed by atoms with Crippen LogP contribution in [0.3, 0.4) is 0 Å². The average Bonchev–Trinajstić information content (AvgIpc) is 2.73. The standard InChI is InChI=1S/C8H11ClN2S/c1-5(9)4-7-10-8(11-12-7)6-2-3-6/h5-6H,2-4H2,1H3. The lowest BCUT2D eigenvalue weighted by molar-refractivity contribution is 0.889. The van der Waals surface area contributed by atoms with E-state index in [-0.39, 0.29) is 5.38 Å². The highest BCUT2D eigenvalue weighted by molar-refractivity contribution is 7.05. The first kappa shape index (κ1) is 8.45. The zero-order valence-corrected chi connectivity index (χ0v) is 8.53. The second-order valence-corrected chi connectivity index (χ2v) is 4.89. The lowest BCUT2D eigenvalue weighted by Crippen LogP contribution is -1.96. The molecule has 1 aromatic rings. The highest BCUT2D eigenvalue weighted by Gasteiger charge is 2.27. The van der Waals surface area contributed by atoms with Gasteiger partial charge in [0.1, 0.15) is 10.8 Å². The number of nitrogens with zero attached hydrogens (tertiary/aromatic N) is 2. The Morgan fingerprint density at radius 3 is 3.00 bits per heavy atom. The number of aromatic nitrogens is 2. The zero-order valence-electron chi connectivity index (χ0n) is 6.96. The largest absolute Gasteiger partial charge is 0.224 e. The summed E-state index contributed by atoms with van der Waals surface area (Å²) >= 11 is 7.36. The maximum Gasteiger partial charge on any atom is 0.145 e. The lowest BCUT2D eigenvalue weighted by Gasteiger charge is -1.94. The number of hydrogen-bond acceptors (Lipinski definition) is 3. The molecule has 1 saturated carbocycles. The molecular weight excluding hydrogens is 192 g/mol. The quantitative estimate of drug-likeness (QED) is 0.705. The molecule has 66 valence electrons. The molecule has 0 saturated heterocycles. The van der Waals surface area contributed by atoms with Crippen LogP contribution >= 0.6 is 23.1 Å². The fourth-order valence-corrected chi connectivity index (χ4v) is 2.18. The molecule has 0 aliphatic heterocycles. The van der Waals surface area contributed by atoms with Gasteiger partial charge in [-0.15, -0.1) is 11.6 Å². The molecule has 1 aliphatic rings. The Kier molecular flexibility index (Phi) is 2.33. The van der Waals surface area contributed by atoms with Gasteiger partial charge in [0, 0.05) is 17.7 Å². The van der Waals surface area contributed by atoms with E-state index < -0.39 is 0 Å². The lowest BCUT2D eigenvalue weighted by atomic mass is 10.3. The van der Waals surface area contributed by atoms with Crippen LogP contribution in [0.15, 0.2) is 0 Å². The Bertz CT molecular complexity index is 268. The van der Waals surface area contributed by atoms with Gasteiger partial charge in [-0.1, -0.05) is 0 Å². The van der Waals surface area contributed by atoms with Gasteiger partial charge < -0.3 is 0 Å². The summed E-state index contributed by atoms with van der Waals surface area (Å²) in [5.41, 5.74) is 0. The molecule has 0 amide bonds.